The quantitative estimate of drug-likeness (QED) is 0.665. The molecule has 110 valence electrons. The number of rotatable bonds is 6. The summed E-state index contributed by atoms with van der Waals surface area (Å²) in [5.74, 6) is -0.237. The van der Waals surface area contributed by atoms with Gasteiger partial charge in [0.15, 0.2) is 0 Å². The van der Waals surface area contributed by atoms with Crippen LogP contribution in [0.1, 0.15) is 24.2 Å². The number of hydrogen-bond acceptors (Lipinski definition) is 4. The average Bonchev–Trinajstić information content (AvgIpc) is 2.44. The Morgan fingerprint density at radius 1 is 1.30 bits per heavy atom. The van der Waals surface area contributed by atoms with Crippen LogP contribution in [0.25, 0.3) is 0 Å². The summed E-state index contributed by atoms with van der Waals surface area (Å²) in [6, 6.07) is 5.09. The summed E-state index contributed by atoms with van der Waals surface area (Å²) in [6.07, 6.45) is 0. The Balaban J connectivity index is 2.93. The number of nitrogens with one attached hydrogen (secondary N) is 2. The Morgan fingerprint density at radius 2 is 2.00 bits per heavy atom. The molecule has 6 nitrogen and oxygen atoms in total. The molecule has 20 heavy (non-hydrogen) atoms. The molecule has 0 aliphatic heterocycles. The van der Waals surface area contributed by atoms with Crippen LogP contribution in [0.3, 0.4) is 0 Å². The zero-order valence-electron chi connectivity index (χ0n) is 12.2. The molecular weight excluding hydrogens is 256 g/mol. The number of nitrogen functional groups attached to an aromatic ring is 1. The van der Waals surface area contributed by atoms with Crippen molar-refractivity contribution in [1.29, 1.82) is 0 Å². The predicted molar refractivity (Wildman–Crippen MR) is 80.8 cm³/mol. The summed E-state index contributed by atoms with van der Waals surface area (Å²) in [5.41, 5.74) is 7.73. The van der Waals surface area contributed by atoms with Gasteiger partial charge in [-0.2, -0.15) is 0 Å². The van der Waals surface area contributed by atoms with Gasteiger partial charge in [-0.05, 0) is 32.0 Å². The van der Waals surface area contributed by atoms with Gasteiger partial charge < -0.3 is 21.3 Å². The normalized spacial score (nSPS) is 9.95. The fourth-order valence-corrected chi connectivity index (χ4v) is 1.92. The van der Waals surface area contributed by atoms with Crippen LogP contribution in [0.15, 0.2) is 18.2 Å². The maximum Gasteiger partial charge on any atom is 0.251 e. The second-order valence-corrected chi connectivity index (χ2v) is 4.32. The van der Waals surface area contributed by atoms with Crippen molar-refractivity contribution in [3.63, 3.8) is 0 Å². The Labute approximate surface area is 119 Å². The van der Waals surface area contributed by atoms with Gasteiger partial charge in [0.2, 0.25) is 5.91 Å². The molecule has 1 rings (SSSR count). The predicted octanol–water partition coefficient (Wildman–Crippen LogP) is 0.591. The van der Waals surface area contributed by atoms with Crippen LogP contribution in [0.2, 0.25) is 0 Å². The van der Waals surface area contributed by atoms with Gasteiger partial charge in [-0.15, -0.1) is 0 Å². The molecule has 2 amide bonds. The number of amides is 2. The lowest BCUT2D eigenvalue weighted by Crippen LogP contribution is -2.37. The summed E-state index contributed by atoms with van der Waals surface area (Å²) in [4.78, 5) is 25.1. The second-order valence-electron chi connectivity index (χ2n) is 4.32. The van der Waals surface area contributed by atoms with Gasteiger partial charge >= 0.3 is 0 Å². The summed E-state index contributed by atoms with van der Waals surface area (Å²) < 4.78 is 0. The third-order valence-corrected chi connectivity index (χ3v) is 2.95. The fraction of sp³-hybridized carbons (Fsp3) is 0.429. The number of benzene rings is 1. The highest BCUT2D eigenvalue weighted by Gasteiger charge is 2.13. The van der Waals surface area contributed by atoms with Crippen LogP contribution in [-0.2, 0) is 4.79 Å². The molecule has 0 aliphatic rings. The van der Waals surface area contributed by atoms with Gasteiger partial charge in [0.1, 0.15) is 0 Å². The van der Waals surface area contributed by atoms with Crippen LogP contribution in [0, 0.1) is 0 Å². The molecule has 0 aliphatic carbocycles. The van der Waals surface area contributed by atoms with E-state index >= 15 is 0 Å². The summed E-state index contributed by atoms with van der Waals surface area (Å²) in [7, 11) is 1.57. The second kappa shape index (κ2) is 7.37. The highest BCUT2D eigenvalue weighted by molar-refractivity contribution is 5.96. The van der Waals surface area contributed by atoms with E-state index in [9.17, 15) is 9.59 Å². The first kappa shape index (κ1) is 15.8. The van der Waals surface area contributed by atoms with Crippen molar-refractivity contribution in [2.75, 3.05) is 37.3 Å². The van der Waals surface area contributed by atoms with Crippen molar-refractivity contribution in [2.24, 2.45) is 0 Å². The maximum atomic E-state index is 11.7. The number of nitrogens with zero attached hydrogens (tertiary/aromatic N) is 1. The molecule has 0 spiro atoms. The van der Waals surface area contributed by atoms with E-state index in [4.69, 9.17) is 5.73 Å². The minimum absolute atomic E-state index is 0.0517. The van der Waals surface area contributed by atoms with E-state index < -0.39 is 0 Å². The van der Waals surface area contributed by atoms with Crippen LogP contribution in [0.5, 0.6) is 0 Å². The first-order valence-corrected chi connectivity index (χ1v) is 6.66. The van der Waals surface area contributed by atoms with Crippen molar-refractivity contribution in [2.45, 2.75) is 13.8 Å². The van der Waals surface area contributed by atoms with Crippen molar-refractivity contribution >= 4 is 23.2 Å². The van der Waals surface area contributed by atoms with E-state index in [0.29, 0.717) is 24.3 Å². The van der Waals surface area contributed by atoms with Crippen LogP contribution in [0.4, 0.5) is 11.4 Å². The lowest BCUT2D eigenvalue weighted by atomic mass is 10.1. The molecule has 0 saturated carbocycles. The highest BCUT2D eigenvalue weighted by atomic mass is 16.2. The lowest BCUT2D eigenvalue weighted by Gasteiger charge is -2.24. The van der Waals surface area contributed by atoms with Gasteiger partial charge in [-0.25, -0.2) is 0 Å². The molecule has 0 radical (unpaired) electrons. The zero-order chi connectivity index (χ0) is 15.1. The Morgan fingerprint density at radius 3 is 2.50 bits per heavy atom. The number of anilines is 2. The molecule has 0 saturated heterocycles. The van der Waals surface area contributed by atoms with Gasteiger partial charge in [0.25, 0.3) is 5.91 Å². The topological polar surface area (TPSA) is 87.5 Å². The first-order chi connectivity index (χ1) is 9.53. The molecule has 6 heteroatoms. The van der Waals surface area contributed by atoms with Crippen LogP contribution < -0.4 is 21.3 Å². The molecule has 0 unspecified atom stereocenters. The number of carbonyl (C=O) groups excluding carboxylic acids is 2. The Kier molecular flexibility index (Phi) is 5.83. The van der Waals surface area contributed by atoms with Crippen molar-refractivity contribution in [3.8, 4) is 0 Å². The summed E-state index contributed by atoms with van der Waals surface area (Å²) in [5, 5.41) is 5.30. The zero-order valence-corrected chi connectivity index (χ0v) is 12.2. The van der Waals surface area contributed by atoms with E-state index in [2.05, 4.69) is 10.6 Å². The minimum atomic E-state index is -0.185. The smallest absolute Gasteiger partial charge is 0.251 e. The SMILES string of the molecule is CCNC(=O)CN(CC)c1ccc(C(=O)NC)cc1N. The lowest BCUT2D eigenvalue weighted by molar-refractivity contribution is -0.119. The molecule has 0 heterocycles. The van der Waals surface area contributed by atoms with Gasteiger partial charge in [-0.3, -0.25) is 9.59 Å². The number of nitrogens with two attached hydrogens (primary N) is 1. The Bertz CT molecular complexity index is 488. The van der Waals surface area contributed by atoms with Crippen LogP contribution >= 0.6 is 0 Å². The Hall–Kier alpha value is -2.24. The minimum Gasteiger partial charge on any atom is -0.397 e. The molecule has 1 aromatic carbocycles. The van der Waals surface area contributed by atoms with E-state index in [1.165, 1.54) is 0 Å². The average molecular weight is 278 g/mol. The van der Waals surface area contributed by atoms with Gasteiger partial charge in [-0.1, -0.05) is 0 Å². The number of carbonyl (C=O) groups is 2. The standard InChI is InChI=1S/C14H22N4O2/c1-4-17-13(19)9-18(5-2)12-7-6-10(8-11(12)15)14(20)16-3/h6-8H,4-5,9,15H2,1-3H3,(H,16,20)(H,17,19). The van der Waals surface area contributed by atoms with Crippen molar-refractivity contribution in [3.05, 3.63) is 23.8 Å². The molecule has 0 atom stereocenters. The van der Waals surface area contributed by atoms with Gasteiger partial charge in [0, 0.05) is 25.7 Å². The summed E-state index contributed by atoms with van der Waals surface area (Å²) in [6.45, 7) is 5.32. The van der Waals surface area contributed by atoms with Gasteiger partial charge in [0.05, 0.1) is 17.9 Å². The monoisotopic (exact) mass is 278 g/mol. The number of hydrogen-bond donors (Lipinski definition) is 3. The molecular formula is C14H22N4O2. The van der Waals surface area contributed by atoms with Crippen molar-refractivity contribution in [1.82, 2.24) is 10.6 Å². The highest BCUT2D eigenvalue weighted by Crippen LogP contribution is 2.24. The van der Waals surface area contributed by atoms with Crippen molar-refractivity contribution < 1.29 is 9.59 Å². The third kappa shape index (κ3) is 3.88. The molecule has 4 N–H and O–H groups in total. The maximum absolute atomic E-state index is 11.7. The third-order valence-electron chi connectivity index (χ3n) is 2.95. The van der Waals surface area contributed by atoms with E-state index in [0.717, 1.165) is 5.69 Å². The summed E-state index contributed by atoms with van der Waals surface area (Å²) >= 11 is 0. The molecule has 0 bridgehead atoms. The fourth-order valence-electron chi connectivity index (χ4n) is 1.92. The molecule has 0 aromatic heterocycles. The first-order valence-electron chi connectivity index (χ1n) is 6.66. The number of likely N-dealkylation sites (N-methyl/N-ethyl adjacent to an activating group) is 2. The van der Waals surface area contributed by atoms with E-state index in [1.54, 1.807) is 25.2 Å². The molecule has 0 fully saturated rings. The molecule has 1 aromatic rings. The van der Waals surface area contributed by atoms with E-state index in [1.807, 2.05) is 18.7 Å². The largest absolute Gasteiger partial charge is 0.397 e. The van der Waals surface area contributed by atoms with E-state index in [-0.39, 0.29) is 18.4 Å². The van der Waals surface area contributed by atoms with Crippen LogP contribution in [-0.4, -0.2) is 38.5 Å².